The second kappa shape index (κ2) is 33.7. The van der Waals surface area contributed by atoms with E-state index in [1.165, 1.54) is 130 Å². The van der Waals surface area contributed by atoms with Gasteiger partial charge in [0.1, 0.15) is 11.5 Å². The Hall–Kier alpha value is -4.74. The Balaban J connectivity index is 0.976. The van der Waals surface area contributed by atoms with E-state index in [1.54, 1.807) is 22.7 Å². The lowest BCUT2D eigenvalue weighted by Crippen LogP contribution is -2.30. The summed E-state index contributed by atoms with van der Waals surface area (Å²) in [6.45, 7) is 25.6. The summed E-state index contributed by atoms with van der Waals surface area (Å²) in [5, 5.41) is 0. The fraction of sp³-hybridized carbons (Fsp3) is 0.553. The molecule has 2 aliphatic rings. The van der Waals surface area contributed by atoms with Crippen LogP contribution in [0.1, 0.15) is 241 Å². The highest BCUT2D eigenvalue weighted by atomic mass is 32.1. The maximum Gasteiger partial charge on any atom is 0.261 e. The fourth-order valence-electron chi connectivity index (χ4n) is 11.8. The largest absolute Gasteiger partial charge is 0.493 e. The number of hydrogen-bond acceptors (Lipinski definition) is 8. The van der Waals surface area contributed by atoms with Gasteiger partial charge in [0.05, 0.1) is 45.5 Å². The third-order valence-electron chi connectivity index (χ3n) is 18.3. The van der Waals surface area contributed by atoms with Crippen LogP contribution >= 0.6 is 45.3 Å². The highest BCUT2D eigenvalue weighted by Gasteiger charge is 2.49. The number of thiophene rings is 4. The van der Waals surface area contributed by atoms with E-state index < -0.39 is 0 Å². The van der Waals surface area contributed by atoms with E-state index >= 15 is 9.59 Å². The van der Waals surface area contributed by atoms with Crippen molar-refractivity contribution in [1.29, 1.82) is 0 Å². The molecule has 2 aromatic carbocycles. The van der Waals surface area contributed by atoms with E-state index in [0.29, 0.717) is 47.9 Å². The summed E-state index contributed by atoms with van der Waals surface area (Å²) in [5.41, 5.74) is 5.43. The molecule has 3 unspecified atom stereocenters. The first-order valence-corrected chi connectivity index (χ1v) is 36.9. The predicted octanol–water partition coefficient (Wildman–Crippen LogP) is 22.9. The van der Waals surface area contributed by atoms with Crippen LogP contribution in [-0.2, 0) is 27.8 Å². The molecule has 0 N–H and O–H groups in total. The van der Waals surface area contributed by atoms with Crippen molar-refractivity contribution in [2.24, 2.45) is 17.8 Å². The molecule has 4 aromatic heterocycles. The normalized spacial score (nSPS) is 14.8. The summed E-state index contributed by atoms with van der Waals surface area (Å²) in [5.74, 6) is 3.92. The van der Waals surface area contributed by atoms with Gasteiger partial charge in [0.25, 0.3) is 11.8 Å². The van der Waals surface area contributed by atoms with E-state index in [4.69, 9.17) is 9.47 Å². The van der Waals surface area contributed by atoms with Gasteiger partial charge in [-0.2, -0.15) is 0 Å². The van der Waals surface area contributed by atoms with Gasteiger partial charge in [0.2, 0.25) is 0 Å². The second-order valence-corrected chi connectivity index (χ2v) is 30.5. The van der Waals surface area contributed by atoms with E-state index in [1.807, 2.05) is 32.5 Å². The fourth-order valence-corrected chi connectivity index (χ4v) is 16.6. The molecule has 6 aromatic rings. The molecule has 0 spiro atoms. The highest BCUT2D eigenvalue weighted by Crippen LogP contribution is 2.51. The molecule has 0 saturated heterocycles. The number of carbonyl (C=O) groups excluding carboxylic acids is 2. The molecule has 2 amide bonds. The third-order valence-corrected chi connectivity index (χ3v) is 23.6. The van der Waals surface area contributed by atoms with Gasteiger partial charge in [0.15, 0.2) is 0 Å². The first-order valence-electron chi connectivity index (χ1n) is 33.7. The number of carbonyl (C=O) groups is 2. The number of benzene rings is 2. The lowest BCUT2D eigenvalue weighted by atomic mass is 9.89. The minimum atomic E-state index is -0.0467. The van der Waals surface area contributed by atoms with Crippen molar-refractivity contribution in [3.05, 3.63) is 139 Å². The van der Waals surface area contributed by atoms with Crippen molar-refractivity contribution in [2.75, 3.05) is 26.3 Å². The minimum Gasteiger partial charge on any atom is -0.493 e. The summed E-state index contributed by atoms with van der Waals surface area (Å²) < 4.78 is 12.5. The number of amides is 2. The Kier molecular flexibility index (Phi) is 26.4. The molecule has 3 atom stereocenters. The molecule has 0 radical (unpaired) electrons. The summed E-state index contributed by atoms with van der Waals surface area (Å²) in [7, 11) is 0. The van der Waals surface area contributed by atoms with Crippen LogP contribution in [0.15, 0.2) is 108 Å². The van der Waals surface area contributed by atoms with Gasteiger partial charge in [-0.05, 0) is 171 Å². The van der Waals surface area contributed by atoms with E-state index in [9.17, 15) is 0 Å². The molecule has 0 bridgehead atoms. The van der Waals surface area contributed by atoms with Crippen LogP contribution in [0.4, 0.5) is 0 Å². The van der Waals surface area contributed by atoms with Gasteiger partial charge in [-0.15, -0.1) is 45.3 Å². The van der Waals surface area contributed by atoms with Gasteiger partial charge in [-0.3, -0.25) is 9.59 Å². The molecule has 86 heavy (non-hydrogen) atoms. The molecule has 6 nitrogen and oxygen atoms in total. The number of rotatable bonds is 40. The zero-order valence-corrected chi connectivity index (χ0v) is 57.6. The SMILES string of the molecule is CCCCCCCCC(C)COc1ccc(CCCCCN2C(=O)C3=C(c4ccc(-c5ccc(C(C)(C)CC)s5)s4)N(CCCCCc4ccc(OCC(C)CCCCCCCC)cc4)C(=O)C3=C2c2ccc(-c3ccc(C(C)C(C)C)s3)s2)cc1. The summed E-state index contributed by atoms with van der Waals surface area (Å²) in [6.07, 6.45) is 27.0. The lowest BCUT2D eigenvalue weighted by molar-refractivity contribution is -0.124. The van der Waals surface area contributed by atoms with Crippen LogP contribution in [0.2, 0.25) is 0 Å². The number of unbranched alkanes of at least 4 members (excludes halogenated alkanes) is 14. The van der Waals surface area contributed by atoms with Gasteiger partial charge in [-0.25, -0.2) is 0 Å². The van der Waals surface area contributed by atoms with Crippen LogP contribution in [0.25, 0.3) is 30.9 Å². The van der Waals surface area contributed by atoms with Gasteiger partial charge in [-0.1, -0.05) is 183 Å². The zero-order chi connectivity index (χ0) is 61.0. The van der Waals surface area contributed by atoms with Crippen molar-refractivity contribution >= 4 is 68.6 Å². The van der Waals surface area contributed by atoms with Crippen LogP contribution in [-0.4, -0.2) is 47.9 Å². The number of aryl methyl sites for hydroxylation is 2. The molecule has 2 aliphatic heterocycles. The molecular formula is C76H104N2O4S4. The first kappa shape index (κ1) is 67.2. The quantitative estimate of drug-likeness (QED) is 0.0360. The maximum absolute atomic E-state index is 15.6. The molecule has 0 saturated carbocycles. The first-order chi connectivity index (χ1) is 41.7. The maximum atomic E-state index is 15.6. The molecule has 8 rings (SSSR count). The minimum absolute atomic E-state index is 0.0467. The second-order valence-electron chi connectivity index (χ2n) is 26.2. The predicted molar refractivity (Wildman–Crippen MR) is 372 cm³/mol. The smallest absolute Gasteiger partial charge is 0.261 e. The Labute approximate surface area is 535 Å². The van der Waals surface area contributed by atoms with Crippen molar-refractivity contribution in [2.45, 2.75) is 228 Å². The van der Waals surface area contributed by atoms with Gasteiger partial charge >= 0.3 is 0 Å². The van der Waals surface area contributed by atoms with E-state index in [2.05, 4.69) is 166 Å². The standard InChI is InChI=1S/C76H104N2O4S4/c1-11-14-16-18-20-24-30-55(6)52-81-60-38-34-58(35-39-60)32-26-22-28-50-77-72(67-46-44-64(84-67)63-43-42-62(83-63)57(8)54(4)5)70-71(75(77)80)73(68-47-45-65(85-68)66-48-49-69(86-66)76(9,10)13-3)78(74(70)79)51-29-23-27-33-59-36-40-61(41-37-59)82-53-56(7)31-25-21-19-17-15-12-2/h34-49,54-57H,11-33,50-53H2,1-10H3. The van der Waals surface area contributed by atoms with Crippen molar-refractivity contribution in [3.63, 3.8) is 0 Å². The molecule has 0 aliphatic carbocycles. The molecule has 0 fully saturated rings. The average molecular weight is 1240 g/mol. The monoisotopic (exact) mass is 1240 g/mol. The van der Waals surface area contributed by atoms with Crippen LogP contribution in [0.5, 0.6) is 11.5 Å². The van der Waals surface area contributed by atoms with Crippen molar-refractivity contribution in [1.82, 2.24) is 9.80 Å². The topological polar surface area (TPSA) is 59.1 Å². The lowest BCUT2D eigenvalue weighted by Gasteiger charge is -2.24. The molecule has 6 heterocycles. The van der Waals surface area contributed by atoms with E-state index in [-0.39, 0.29) is 17.2 Å². The van der Waals surface area contributed by atoms with Crippen molar-refractivity contribution in [3.8, 4) is 31.0 Å². The van der Waals surface area contributed by atoms with Crippen molar-refractivity contribution < 1.29 is 19.1 Å². The molecule has 466 valence electrons. The van der Waals surface area contributed by atoms with Gasteiger partial charge < -0.3 is 19.3 Å². The Morgan fingerprint density at radius 2 is 0.826 bits per heavy atom. The third kappa shape index (κ3) is 18.4. The number of hydrogen-bond donors (Lipinski definition) is 0. The number of fused-ring (bicyclic) bond motifs is 1. The Morgan fingerprint density at radius 3 is 1.28 bits per heavy atom. The zero-order valence-electron chi connectivity index (χ0n) is 54.3. The van der Waals surface area contributed by atoms with Crippen LogP contribution in [0.3, 0.4) is 0 Å². The summed E-state index contributed by atoms with van der Waals surface area (Å²) >= 11 is 7.16. The molecular weight excluding hydrogens is 1130 g/mol. The van der Waals surface area contributed by atoms with Crippen LogP contribution in [0, 0.1) is 17.8 Å². The van der Waals surface area contributed by atoms with E-state index in [0.717, 1.165) is 104 Å². The summed E-state index contributed by atoms with van der Waals surface area (Å²) in [6, 6.07) is 35.2. The Bertz CT molecular complexity index is 3090. The highest BCUT2D eigenvalue weighted by molar-refractivity contribution is 7.23. The summed E-state index contributed by atoms with van der Waals surface area (Å²) in [4.78, 5) is 44.6. The van der Waals surface area contributed by atoms with Crippen LogP contribution < -0.4 is 9.47 Å². The number of nitrogens with zero attached hydrogens (tertiary/aromatic N) is 2. The van der Waals surface area contributed by atoms with Gasteiger partial charge in [0, 0.05) is 42.4 Å². The number of ether oxygens (including phenoxy) is 2. The molecule has 10 heteroatoms. The Morgan fingerprint density at radius 1 is 0.430 bits per heavy atom. The average Bonchev–Trinajstić information content (AvgIpc) is 1.68.